The molecule has 0 saturated heterocycles. The summed E-state index contributed by atoms with van der Waals surface area (Å²) >= 11 is 0. The van der Waals surface area contributed by atoms with E-state index in [-0.39, 0.29) is 5.41 Å². The van der Waals surface area contributed by atoms with E-state index in [9.17, 15) is 0 Å². The topological polar surface area (TPSA) is 52.0 Å². The van der Waals surface area contributed by atoms with Gasteiger partial charge in [-0.2, -0.15) is 0 Å². The molecule has 0 unspecified atom stereocenters. The van der Waals surface area contributed by atoms with E-state index in [0.717, 1.165) is 5.70 Å². The summed E-state index contributed by atoms with van der Waals surface area (Å²) < 4.78 is 0. The third-order valence-electron chi connectivity index (χ3n) is 1.68. The minimum atomic E-state index is -0.0237. The van der Waals surface area contributed by atoms with Crippen molar-refractivity contribution < 1.29 is 0 Å². The number of hydrogen-bond acceptors (Lipinski definition) is 2. The van der Waals surface area contributed by atoms with E-state index in [1.807, 2.05) is 26.0 Å². The van der Waals surface area contributed by atoms with Crippen molar-refractivity contribution in [2.75, 3.05) is 0 Å². The minimum Gasteiger partial charge on any atom is -0.400 e. The third-order valence-corrected chi connectivity index (χ3v) is 1.68. The van der Waals surface area contributed by atoms with Gasteiger partial charge in [0.1, 0.15) is 0 Å². The Balaban J connectivity index is 3.01. The first-order chi connectivity index (χ1) is 4.04. The van der Waals surface area contributed by atoms with Gasteiger partial charge in [0.2, 0.25) is 0 Å². The summed E-state index contributed by atoms with van der Waals surface area (Å²) in [4.78, 5) is 0. The van der Waals surface area contributed by atoms with Gasteiger partial charge in [-0.1, -0.05) is 19.9 Å². The van der Waals surface area contributed by atoms with Crippen LogP contribution in [0.25, 0.3) is 0 Å². The van der Waals surface area contributed by atoms with Crippen LogP contribution in [0.5, 0.6) is 0 Å². The Morgan fingerprint density at radius 2 is 1.89 bits per heavy atom. The third kappa shape index (κ3) is 0.803. The Hall–Kier alpha value is -0.920. The largest absolute Gasteiger partial charge is 0.400 e. The molecular weight excluding hydrogens is 112 g/mol. The maximum atomic E-state index is 5.65. The molecule has 1 aliphatic rings. The van der Waals surface area contributed by atoms with Crippen molar-refractivity contribution >= 4 is 0 Å². The molecule has 0 aromatic rings. The van der Waals surface area contributed by atoms with Gasteiger partial charge in [-0.05, 0) is 6.08 Å². The fraction of sp³-hybridized carbons (Fsp3) is 0.429. The molecule has 2 heteroatoms. The van der Waals surface area contributed by atoms with Gasteiger partial charge in [0.25, 0.3) is 0 Å². The van der Waals surface area contributed by atoms with Crippen LogP contribution in [-0.2, 0) is 0 Å². The van der Waals surface area contributed by atoms with E-state index in [2.05, 4.69) is 0 Å². The molecule has 4 N–H and O–H groups in total. The van der Waals surface area contributed by atoms with E-state index in [4.69, 9.17) is 11.5 Å². The summed E-state index contributed by atoms with van der Waals surface area (Å²) in [5.74, 6) is 0. The molecule has 2 nitrogen and oxygen atoms in total. The summed E-state index contributed by atoms with van der Waals surface area (Å²) in [5.41, 5.74) is 12.6. The lowest BCUT2D eigenvalue weighted by Gasteiger charge is -2.16. The summed E-state index contributed by atoms with van der Waals surface area (Å²) in [6.07, 6.45) is 3.87. The molecule has 1 aliphatic carbocycles. The Labute approximate surface area is 55.2 Å². The summed E-state index contributed by atoms with van der Waals surface area (Å²) in [6, 6.07) is 0. The van der Waals surface area contributed by atoms with E-state index >= 15 is 0 Å². The van der Waals surface area contributed by atoms with Gasteiger partial charge in [-0.25, -0.2) is 0 Å². The highest BCUT2D eigenvalue weighted by Crippen LogP contribution is 2.30. The fourth-order valence-corrected chi connectivity index (χ4v) is 0.850. The van der Waals surface area contributed by atoms with E-state index in [1.165, 1.54) is 0 Å². The molecule has 0 amide bonds. The van der Waals surface area contributed by atoms with Crippen molar-refractivity contribution in [1.29, 1.82) is 0 Å². The SMILES string of the molecule is CC1(C)C=CC(N)=C1N. The fourth-order valence-electron chi connectivity index (χ4n) is 0.850. The maximum Gasteiger partial charge on any atom is 0.0510 e. The molecule has 0 saturated carbocycles. The van der Waals surface area contributed by atoms with Gasteiger partial charge in [-0.15, -0.1) is 0 Å². The highest BCUT2D eigenvalue weighted by molar-refractivity contribution is 5.36. The molecule has 1 rings (SSSR count). The first-order valence-corrected chi connectivity index (χ1v) is 2.99. The van der Waals surface area contributed by atoms with Crippen LogP contribution in [0.3, 0.4) is 0 Å². The zero-order valence-corrected chi connectivity index (χ0v) is 5.81. The maximum absolute atomic E-state index is 5.65. The Bertz CT molecular complexity index is 187. The second-order valence-corrected chi connectivity index (χ2v) is 2.92. The molecule has 0 aliphatic heterocycles. The van der Waals surface area contributed by atoms with Crippen molar-refractivity contribution in [3.8, 4) is 0 Å². The van der Waals surface area contributed by atoms with Crippen LogP contribution < -0.4 is 11.5 Å². The summed E-state index contributed by atoms with van der Waals surface area (Å²) in [5, 5.41) is 0. The van der Waals surface area contributed by atoms with Gasteiger partial charge in [-0.3, -0.25) is 0 Å². The van der Waals surface area contributed by atoms with E-state index in [1.54, 1.807) is 0 Å². The Kier molecular flexibility index (Phi) is 1.05. The van der Waals surface area contributed by atoms with Gasteiger partial charge < -0.3 is 11.5 Å². The lowest BCUT2D eigenvalue weighted by Crippen LogP contribution is -2.18. The second-order valence-electron chi connectivity index (χ2n) is 2.92. The lowest BCUT2D eigenvalue weighted by molar-refractivity contribution is 0.580. The van der Waals surface area contributed by atoms with E-state index < -0.39 is 0 Å². The predicted octanol–water partition coefficient (Wildman–Crippen LogP) is 0.711. The van der Waals surface area contributed by atoms with Crippen LogP contribution in [-0.4, -0.2) is 0 Å². The zero-order valence-electron chi connectivity index (χ0n) is 5.81. The Morgan fingerprint density at radius 3 is 2.00 bits per heavy atom. The number of nitrogens with two attached hydrogens (primary N) is 2. The molecular formula is C7H12N2. The molecule has 9 heavy (non-hydrogen) atoms. The molecule has 0 aromatic carbocycles. The van der Waals surface area contributed by atoms with Crippen molar-refractivity contribution in [3.05, 3.63) is 23.5 Å². The second kappa shape index (κ2) is 1.53. The highest BCUT2D eigenvalue weighted by Gasteiger charge is 2.23. The average molecular weight is 124 g/mol. The van der Waals surface area contributed by atoms with Crippen LogP contribution >= 0.6 is 0 Å². The Morgan fingerprint density at radius 1 is 1.33 bits per heavy atom. The molecule has 50 valence electrons. The summed E-state index contributed by atoms with van der Waals surface area (Å²) in [6.45, 7) is 4.08. The number of allylic oxidation sites excluding steroid dienone is 2. The summed E-state index contributed by atoms with van der Waals surface area (Å²) in [7, 11) is 0. The zero-order chi connectivity index (χ0) is 7.07. The molecule has 0 atom stereocenters. The van der Waals surface area contributed by atoms with Crippen LogP contribution in [0, 0.1) is 5.41 Å². The van der Waals surface area contributed by atoms with Crippen molar-refractivity contribution in [1.82, 2.24) is 0 Å². The van der Waals surface area contributed by atoms with Gasteiger partial charge in [0.15, 0.2) is 0 Å². The van der Waals surface area contributed by atoms with Crippen molar-refractivity contribution in [2.45, 2.75) is 13.8 Å². The van der Waals surface area contributed by atoms with Crippen LogP contribution in [0.4, 0.5) is 0 Å². The van der Waals surface area contributed by atoms with Crippen LogP contribution in [0.15, 0.2) is 23.5 Å². The molecule has 0 radical (unpaired) electrons. The average Bonchev–Trinajstić information content (AvgIpc) is 1.97. The highest BCUT2D eigenvalue weighted by atomic mass is 14.7. The molecule has 0 aromatic heterocycles. The van der Waals surface area contributed by atoms with Gasteiger partial charge in [0, 0.05) is 11.1 Å². The van der Waals surface area contributed by atoms with Crippen molar-refractivity contribution in [2.24, 2.45) is 16.9 Å². The smallest absolute Gasteiger partial charge is 0.0510 e. The van der Waals surface area contributed by atoms with Gasteiger partial charge >= 0.3 is 0 Å². The van der Waals surface area contributed by atoms with Gasteiger partial charge in [0.05, 0.1) is 5.70 Å². The first-order valence-electron chi connectivity index (χ1n) is 2.99. The monoisotopic (exact) mass is 124 g/mol. The number of rotatable bonds is 0. The van der Waals surface area contributed by atoms with Crippen molar-refractivity contribution in [3.63, 3.8) is 0 Å². The number of hydrogen-bond donors (Lipinski definition) is 2. The van der Waals surface area contributed by atoms with Crippen LogP contribution in [0.1, 0.15) is 13.8 Å². The molecule has 0 fully saturated rings. The van der Waals surface area contributed by atoms with Crippen LogP contribution in [0.2, 0.25) is 0 Å². The predicted molar refractivity (Wildman–Crippen MR) is 38.3 cm³/mol. The van der Waals surface area contributed by atoms with E-state index in [0.29, 0.717) is 5.70 Å². The quantitative estimate of drug-likeness (QED) is 0.499. The molecule has 0 bridgehead atoms. The lowest BCUT2D eigenvalue weighted by atomic mass is 9.93. The minimum absolute atomic E-state index is 0.0237. The molecule has 0 heterocycles. The first kappa shape index (κ1) is 6.20. The normalized spacial score (nSPS) is 23.3. The molecule has 0 spiro atoms. The standard InChI is InChI=1S/C7H12N2/c1-7(2)4-3-5(8)6(7)9/h3-4H,8-9H2,1-2H3.